The van der Waals surface area contributed by atoms with Crippen molar-refractivity contribution in [2.75, 3.05) is 6.61 Å². The summed E-state index contributed by atoms with van der Waals surface area (Å²) in [6, 6.07) is 9.67. The Labute approximate surface area is 76.8 Å². The van der Waals surface area contributed by atoms with E-state index in [1.54, 1.807) is 6.08 Å². The van der Waals surface area contributed by atoms with Crippen LogP contribution in [0.3, 0.4) is 0 Å². The molecule has 0 aliphatic rings. The van der Waals surface area contributed by atoms with Crippen LogP contribution in [0.2, 0.25) is 0 Å². The molecule has 13 heavy (non-hydrogen) atoms. The lowest BCUT2D eigenvalue weighted by molar-refractivity contribution is 0.167. The fourth-order valence-electron chi connectivity index (χ4n) is 0.872. The van der Waals surface area contributed by atoms with Crippen LogP contribution in [0.25, 0.3) is 6.08 Å². The van der Waals surface area contributed by atoms with Gasteiger partial charge in [-0.15, -0.1) is 0 Å². The molecule has 0 heterocycles. The van der Waals surface area contributed by atoms with Crippen molar-refractivity contribution >= 4 is 12.2 Å². The Bertz CT molecular complexity index is 293. The zero-order chi connectivity index (χ0) is 9.52. The number of hydrogen-bond acceptors (Lipinski definition) is 2. The van der Waals surface area contributed by atoms with Gasteiger partial charge in [0.05, 0.1) is 0 Å². The fraction of sp³-hybridized carbons (Fsp3) is 0.100. The van der Waals surface area contributed by atoms with Crippen LogP contribution in [-0.4, -0.2) is 12.7 Å². The van der Waals surface area contributed by atoms with Crippen molar-refractivity contribution in [1.29, 1.82) is 0 Å². The molecule has 0 aliphatic heterocycles. The molecule has 67 valence electrons. The van der Waals surface area contributed by atoms with Crippen LogP contribution in [0, 0.1) is 0 Å². The third-order valence-electron chi connectivity index (χ3n) is 1.42. The third-order valence-corrected chi connectivity index (χ3v) is 1.42. The van der Waals surface area contributed by atoms with Crippen molar-refractivity contribution in [3.63, 3.8) is 0 Å². The first-order valence-corrected chi connectivity index (χ1v) is 3.89. The highest BCUT2D eigenvalue weighted by atomic mass is 16.5. The van der Waals surface area contributed by atoms with Crippen molar-refractivity contribution in [3.8, 4) is 0 Å². The maximum absolute atomic E-state index is 10.1. The standard InChI is InChI=1S/C10H10NO2/c11-10(12)13-8-4-7-9-5-2-1-3-6-9/h1-7,11H,8H2/b7-4+. The van der Waals surface area contributed by atoms with Gasteiger partial charge < -0.3 is 4.74 Å². The van der Waals surface area contributed by atoms with E-state index in [4.69, 9.17) is 5.73 Å². The van der Waals surface area contributed by atoms with Gasteiger partial charge in [-0.1, -0.05) is 36.4 Å². The van der Waals surface area contributed by atoms with Crippen LogP contribution in [0.1, 0.15) is 5.56 Å². The minimum Gasteiger partial charge on any atom is -0.444 e. The summed E-state index contributed by atoms with van der Waals surface area (Å²) >= 11 is 0. The first-order valence-electron chi connectivity index (χ1n) is 3.89. The zero-order valence-corrected chi connectivity index (χ0v) is 7.07. The maximum atomic E-state index is 10.1. The van der Waals surface area contributed by atoms with Crippen molar-refractivity contribution in [1.82, 2.24) is 5.73 Å². The first kappa shape index (κ1) is 9.32. The fourth-order valence-corrected chi connectivity index (χ4v) is 0.872. The number of carbonyl (C=O) groups is 1. The molecule has 0 fully saturated rings. The average Bonchev–Trinajstić information content (AvgIpc) is 2.14. The predicted molar refractivity (Wildman–Crippen MR) is 49.9 cm³/mol. The summed E-state index contributed by atoms with van der Waals surface area (Å²) in [5.74, 6) is 0. The van der Waals surface area contributed by atoms with Gasteiger partial charge in [0.1, 0.15) is 6.61 Å². The van der Waals surface area contributed by atoms with Gasteiger partial charge >= 0.3 is 6.09 Å². The SMILES string of the molecule is [NH]C(=O)OC/C=C/c1ccccc1. The number of rotatable bonds is 3. The van der Waals surface area contributed by atoms with E-state index in [0.29, 0.717) is 0 Å². The summed E-state index contributed by atoms with van der Waals surface area (Å²) in [5, 5.41) is 0. The van der Waals surface area contributed by atoms with Crippen molar-refractivity contribution in [3.05, 3.63) is 42.0 Å². The minimum atomic E-state index is -1.00. The lowest BCUT2D eigenvalue weighted by atomic mass is 10.2. The van der Waals surface area contributed by atoms with Crippen molar-refractivity contribution in [2.45, 2.75) is 0 Å². The number of benzene rings is 1. The molecule has 0 aromatic heterocycles. The van der Waals surface area contributed by atoms with Crippen LogP contribution in [-0.2, 0) is 4.74 Å². The molecule has 1 aromatic rings. The van der Waals surface area contributed by atoms with Crippen LogP contribution in [0.5, 0.6) is 0 Å². The molecule has 1 rings (SSSR count). The third kappa shape index (κ3) is 3.96. The highest BCUT2D eigenvalue weighted by Gasteiger charge is 1.89. The van der Waals surface area contributed by atoms with E-state index in [-0.39, 0.29) is 6.61 Å². The van der Waals surface area contributed by atoms with Gasteiger partial charge in [-0.25, -0.2) is 10.5 Å². The van der Waals surface area contributed by atoms with E-state index in [9.17, 15) is 4.79 Å². The second kappa shape index (κ2) is 4.98. The largest absolute Gasteiger partial charge is 0.444 e. The quantitative estimate of drug-likeness (QED) is 0.708. The van der Waals surface area contributed by atoms with Gasteiger partial charge in [0.25, 0.3) is 0 Å². The second-order valence-corrected chi connectivity index (χ2v) is 2.41. The molecule has 0 bridgehead atoms. The Morgan fingerprint density at radius 3 is 2.69 bits per heavy atom. The first-order chi connectivity index (χ1) is 6.29. The molecular formula is C10H10NO2. The van der Waals surface area contributed by atoms with Gasteiger partial charge in [0.15, 0.2) is 0 Å². The maximum Gasteiger partial charge on any atom is 0.426 e. The molecule has 0 saturated heterocycles. The summed E-state index contributed by atoms with van der Waals surface area (Å²) in [6.07, 6.45) is 2.53. The zero-order valence-electron chi connectivity index (χ0n) is 7.07. The summed E-state index contributed by atoms with van der Waals surface area (Å²) < 4.78 is 4.40. The van der Waals surface area contributed by atoms with Crippen LogP contribution in [0.15, 0.2) is 36.4 Å². The Morgan fingerprint density at radius 2 is 2.08 bits per heavy atom. The molecule has 0 aliphatic carbocycles. The summed E-state index contributed by atoms with van der Waals surface area (Å²) in [4.78, 5) is 10.1. The van der Waals surface area contributed by atoms with Crippen LogP contribution >= 0.6 is 0 Å². The van der Waals surface area contributed by atoms with E-state index in [1.807, 2.05) is 36.4 Å². The van der Waals surface area contributed by atoms with Crippen molar-refractivity contribution < 1.29 is 9.53 Å². The van der Waals surface area contributed by atoms with Gasteiger partial charge in [-0.3, -0.25) is 0 Å². The molecule has 1 N–H and O–H groups in total. The van der Waals surface area contributed by atoms with E-state index in [2.05, 4.69) is 4.74 Å². The topological polar surface area (TPSA) is 50.1 Å². The molecule has 1 aromatic carbocycles. The summed E-state index contributed by atoms with van der Waals surface area (Å²) in [6.45, 7) is 0.150. The molecule has 3 heteroatoms. The van der Waals surface area contributed by atoms with Gasteiger partial charge in [0.2, 0.25) is 0 Å². The molecular weight excluding hydrogens is 166 g/mol. The number of amides is 1. The molecule has 0 unspecified atom stereocenters. The van der Waals surface area contributed by atoms with E-state index in [1.165, 1.54) is 0 Å². The Kier molecular flexibility index (Phi) is 3.57. The molecule has 3 nitrogen and oxygen atoms in total. The van der Waals surface area contributed by atoms with Crippen molar-refractivity contribution in [2.24, 2.45) is 0 Å². The normalized spacial score (nSPS) is 10.2. The second-order valence-electron chi connectivity index (χ2n) is 2.41. The van der Waals surface area contributed by atoms with Gasteiger partial charge in [-0.2, -0.15) is 0 Å². The van der Waals surface area contributed by atoms with Crippen LogP contribution < -0.4 is 5.73 Å². The molecule has 0 saturated carbocycles. The van der Waals surface area contributed by atoms with E-state index < -0.39 is 6.09 Å². The number of ether oxygens (including phenoxy) is 1. The Balaban J connectivity index is 2.37. The molecule has 0 spiro atoms. The number of nitrogens with one attached hydrogen (secondary N) is 1. The number of carbonyl (C=O) groups excluding carboxylic acids is 1. The monoisotopic (exact) mass is 176 g/mol. The van der Waals surface area contributed by atoms with Crippen LogP contribution in [0.4, 0.5) is 4.79 Å². The molecule has 0 atom stereocenters. The Hall–Kier alpha value is -1.77. The summed E-state index contributed by atoms with van der Waals surface area (Å²) in [7, 11) is 0. The predicted octanol–water partition coefficient (Wildman–Crippen LogP) is 2.12. The lowest BCUT2D eigenvalue weighted by Crippen LogP contribution is -2.01. The van der Waals surface area contributed by atoms with E-state index >= 15 is 0 Å². The minimum absolute atomic E-state index is 0.150. The highest BCUT2D eigenvalue weighted by molar-refractivity contribution is 5.64. The molecule has 1 radical (unpaired) electrons. The summed E-state index contributed by atoms with van der Waals surface area (Å²) in [5.41, 5.74) is 7.51. The lowest BCUT2D eigenvalue weighted by Gasteiger charge is -1.93. The smallest absolute Gasteiger partial charge is 0.426 e. The van der Waals surface area contributed by atoms with E-state index in [0.717, 1.165) is 5.56 Å². The average molecular weight is 176 g/mol. The highest BCUT2D eigenvalue weighted by Crippen LogP contribution is 2.00. The van der Waals surface area contributed by atoms with Gasteiger partial charge in [0, 0.05) is 0 Å². The van der Waals surface area contributed by atoms with Gasteiger partial charge in [-0.05, 0) is 11.6 Å². The molecule has 1 amide bonds. The Morgan fingerprint density at radius 1 is 1.38 bits per heavy atom. The number of hydrogen-bond donors (Lipinski definition) is 0.